The molecule has 1 N–H and O–H groups in total. The molecule has 0 saturated carbocycles. The maximum atomic E-state index is 12.7. The molecule has 10 nitrogen and oxygen atoms in total. The fraction of sp³-hybridized carbons (Fsp3) is 0.480. The molecule has 2 saturated heterocycles. The number of anilines is 3. The maximum absolute atomic E-state index is 12.7. The van der Waals surface area contributed by atoms with Gasteiger partial charge < -0.3 is 19.9 Å². The molecule has 2 aliphatic rings. The standard InChI is InChI=1S/C25H30F2N8O2/c1-15-22(16(2)33(4)32-15)23-30-20(29-19-11-18(5-8-28-19)37-24(26)27)12-21(31-23)35-13-25(14-35)6-9-34(10-7-25)17(3)36/h5,8,11-12,24H,6-7,9-10,13-14H2,1-4H3,(H,28,29,30,31). The Hall–Kier alpha value is -3.83. The summed E-state index contributed by atoms with van der Waals surface area (Å²) in [5.74, 6) is 2.22. The van der Waals surface area contributed by atoms with Crippen LogP contribution in [0, 0.1) is 19.3 Å². The van der Waals surface area contributed by atoms with Crippen LogP contribution in [0.3, 0.4) is 0 Å². The molecule has 196 valence electrons. The molecule has 0 aromatic carbocycles. The topological polar surface area (TPSA) is 101 Å². The highest BCUT2D eigenvalue weighted by molar-refractivity contribution is 5.73. The fourth-order valence-electron chi connectivity index (χ4n) is 5.19. The Bertz CT molecular complexity index is 1310. The van der Waals surface area contributed by atoms with Crippen molar-refractivity contribution in [1.82, 2.24) is 29.6 Å². The van der Waals surface area contributed by atoms with Crippen LogP contribution in [0.15, 0.2) is 24.4 Å². The number of hydrogen-bond acceptors (Lipinski definition) is 8. The Morgan fingerprint density at radius 3 is 2.49 bits per heavy atom. The van der Waals surface area contributed by atoms with Crippen molar-refractivity contribution in [2.24, 2.45) is 12.5 Å². The van der Waals surface area contributed by atoms with Gasteiger partial charge in [0.2, 0.25) is 5.91 Å². The molecule has 5 heterocycles. The van der Waals surface area contributed by atoms with Crippen molar-refractivity contribution in [3.8, 4) is 17.1 Å². The third-order valence-electron chi connectivity index (χ3n) is 7.30. The number of pyridine rings is 1. The van der Waals surface area contributed by atoms with E-state index in [1.54, 1.807) is 11.6 Å². The van der Waals surface area contributed by atoms with Crippen LogP contribution in [0.5, 0.6) is 5.75 Å². The molecule has 3 aromatic rings. The van der Waals surface area contributed by atoms with E-state index in [1.807, 2.05) is 31.9 Å². The lowest BCUT2D eigenvalue weighted by Crippen LogP contribution is -2.61. The predicted octanol–water partition coefficient (Wildman–Crippen LogP) is 3.68. The molecule has 0 aliphatic carbocycles. The summed E-state index contributed by atoms with van der Waals surface area (Å²) in [5, 5.41) is 7.63. The van der Waals surface area contributed by atoms with Gasteiger partial charge in [-0.1, -0.05) is 0 Å². The van der Waals surface area contributed by atoms with Gasteiger partial charge in [-0.05, 0) is 32.8 Å². The monoisotopic (exact) mass is 512 g/mol. The van der Waals surface area contributed by atoms with E-state index in [9.17, 15) is 13.6 Å². The number of aryl methyl sites for hydroxylation is 2. The van der Waals surface area contributed by atoms with E-state index >= 15 is 0 Å². The number of carbonyl (C=O) groups excluding carboxylic acids is 1. The summed E-state index contributed by atoms with van der Waals surface area (Å²) in [6, 6.07) is 4.60. The van der Waals surface area contributed by atoms with Gasteiger partial charge in [0, 0.05) is 69.6 Å². The summed E-state index contributed by atoms with van der Waals surface area (Å²) < 4.78 is 31.7. The number of carbonyl (C=O) groups is 1. The van der Waals surface area contributed by atoms with Gasteiger partial charge >= 0.3 is 6.61 Å². The SMILES string of the molecule is CC(=O)N1CCC2(CC1)CN(c1cc(Nc3cc(OC(F)F)ccn3)nc(-c3c(C)nn(C)c3C)n1)C2. The number of hydrogen-bond donors (Lipinski definition) is 1. The summed E-state index contributed by atoms with van der Waals surface area (Å²) >= 11 is 0. The third-order valence-corrected chi connectivity index (χ3v) is 7.30. The molecular weight excluding hydrogens is 482 g/mol. The lowest BCUT2D eigenvalue weighted by Gasteiger charge is -2.54. The molecule has 0 unspecified atom stereocenters. The van der Waals surface area contributed by atoms with Crippen molar-refractivity contribution in [2.45, 2.75) is 40.2 Å². The Kier molecular flexibility index (Phi) is 6.42. The van der Waals surface area contributed by atoms with E-state index < -0.39 is 6.61 Å². The van der Waals surface area contributed by atoms with Crippen LogP contribution in [-0.2, 0) is 11.8 Å². The average Bonchev–Trinajstić information content (AvgIpc) is 3.08. The van der Waals surface area contributed by atoms with Gasteiger partial charge in [-0.3, -0.25) is 9.48 Å². The van der Waals surface area contributed by atoms with Crippen molar-refractivity contribution in [3.05, 3.63) is 35.8 Å². The zero-order valence-electron chi connectivity index (χ0n) is 21.3. The van der Waals surface area contributed by atoms with Crippen LogP contribution in [0.1, 0.15) is 31.2 Å². The van der Waals surface area contributed by atoms with Gasteiger partial charge in [-0.2, -0.15) is 13.9 Å². The molecule has 3 aromatic heterocycles. The molecule has 1 spiro atoms. The number of rotatable bonds is 6. The van der Waals surface area contributed by atoms with E-state index in [-0.39, 0.29) is 17.1 Å². The summed E-state index contributed by atoms with van der Waals surface area (Å²) in [6.07, 6.45) is 3.33. The lowest BCUT2D eigenvalue weighted by molar-refractivity contribution is -0.131. The number of aromatic nitrogens is 5. The molecule has 0 bridgehead atoms. The number of nitrogens with one attached hydrogen (secondary N) is 1. The van der Waals surface area contributed by atoms with Crippen molar-refractivity contribution in [2.75, 3.05) is 36.4 Å². The molecule has 5 rings (SSSR count). The molecule has 0 atom stereocenters. The average molecular weight is 513 g/mol. The van der Waals surface area contributed by atoms with E-state index in [1.165, 1.54) is 18.3 Å². The first kappa shape index (κ1) is 24.8. The van der Waals surface area contributed by atoms with Crippen LogP contribution < -0.4 is 15.0 Å². The highest BCUT2D eigenvalue weighted by atomic mass is 19.3. The number of alkyl halides is 2. The van der Waals surface area contributed by atoms with Crippen molar-refractivity contribution in [3.63, 3.8) is 0 Å². The Morgan fingerprint density at radius 2 is 1.86 bits per heavy atom. The van der Waals surface area contributed by atoms with Gasteiger partial charge in [0.15, 0.2) is 5.82 Å². The first-order valence-electron chi connectivity index (χ1n) is 12.2. The first-order chi connectivity index (χ1) is 17.6. The number of ether oxygens (including phenoxy) is 1. The highest BCUT2D eigenvalue weighted by Gasteiger charge is 2.45. The van der Waals surface area contributed by atoms with Crippen molar-refractivity contribution in [1.29, 1.82) is 0 Å². The van der Waals surface area contributed by atoms with Gasteiger partial charge in [0.25, 0.3) is 0 Å². The van der Waals surface area contributed by atoms with E-state index in [0.717, 1.165) is 61.8 Å². The predicted molar refractivity (Wildman–Crippen MR) is 134 cm³/mol. The zero-order valence-corrected chi connectivity index (χ0v) is 21.3. The molecule has 12 heteroatoms. The summed E-state index contributed by atoms with van der Waals surface area (Å²) in [7, 11) is 1.87. The highest BCUT2D eigenvalue weighted by Crippen LogP contribution is 2.43. The van der Waals surface area contributed by atoms with Gasteiger partial charge in [-0.25, -0.2) is 15.0 Å². The fourth-order valence-corrected chi connectivity index (χ4v) is 5.19. The Balaban J connectivity index is 1.43. The van der Waals surface area contributed by atoms with Gasteiger partial charge in [0.05, 0.1) is 11.3 Å². The molecule has 2 aliphatic heterocycles. The largest absolute Gasteiger partial charge is 0.435 e. The number of halogens is 2. The molecule has 37 heavy (non-hydrogen) atoms. The molecule has 2 fully saturated rings. The number of nitrogens with zero attached hydrogens (tertiary/aromatic N) is 7. The zero-order chi connectivity index (χ0) is 26.3. The second-order valence-corrected chi connectivity index (χ2v) is 9.85. The Morgan fingerprint density at radius 1 is 1.14 bits per heavy atom. The van der Waals surface area contributed by atoms with Crippen LogP contribution in [0.25, 0.3) is 11.4 Å². The first-order valence-corrected chi connectivity index (χ1v) is 12.2. The van der Waals surface area contributed by atoms with Crippen LogP contribution in [0.2, 0.25) is 0 Å². The van der Waals surface area contributed by atoms with Crippen LogP contribution >= 0.6 is 0 Å². The normalized spacial score (nSPS) is 16.7. The maximum Gasteiger partial charge on any atom is 0.387 e. The molecule has 0 radical (unpaired) electrons. The summed E-state index contributed by atoms with van der Waals surface area (Å²) in [6.45, 7) is 5.82. The Labute approximate surface area is 213 Å². The smallest absolute Gasteiger partial charge is 0.387 e. The second kappa shape index (κ2) is 9.56. The minimum absolute atomic E-state index is 0.00235. The van der Waals surface area contributed by atoms with E-state index in [2.05, 4.69) is 25.0 Å². The minimum atomic E-state index is -2.93. The molecule has 1 amide bonds. The lowest BCUT2D eigenvalue weighted by atomic mass is 9.72. The summed E-state index contributed by atoms with van der Waals surface area (Å²) in [5.41, 5.74) is 2.76. The van der Waals surface area contributed by atoms with Crippen LogP contribution in [-0.4, -0.2) is 68.3 Å². The van der Waals surface area contributed by atoms with Crippen molar-refractivity contribution < 1.29 is 18.3 Å². The van der Waals surface area contributed by atoms with E-state index in [4.69, 9.17) is 9.97 Å². The second-order valence-electron chi connectivity index (χ2n) is 9.85. The summed E-state index contributed by atoms with van der Waals surface area (Å²) in [4.78, 5) is 29.7. The quantitative estimate of drug-likeness (QED) is 0.534. The van der Waals surface area contributed by atoms with Gasteiger partial charge in [0.1, 0.15) is 23.2 Å². The number of piperidine rings is 1. The van der Waals surface area contributed by atoms with E-state index in [0.29, 0.717) is 17.5 Å². The third kappa shape index (κ3) is 5.05. The van der Waals surface area contributed by atoms with Crippen molar-refractivity contribution >= 4 is 23.4 Å². The number of amides is 1. The van der Waals surface area contributed by atoms with Gasteiger partial charge in [-0.15, -0.1) is 0 Å². The van der Waals surface area contributed by atoms with Crippen LogP contribution in [0.4, 0.5) is 26.2 Å². The number of likely N-dealkylation sites (tertiary alicyclic amines) is 1. The molecular formula is C25H30F2N8O2. The minimum Gasteiger partial charge on any atom is -0.435 e.